The summed E-state index contributed by atoms with van der Waals surface area (Å²) >= 11 is 7.87. The minimum absolute atomic E-state index is 0.320. The fraction of sp³-hybridized carbons (Fsp3) is 0.167. The predicted molar refractivity (Wildman–Crippen MR) is 124 cm³/mol. The van der Waals surface area contributed by atoms with Crippen LogP contribution in [0.4, 0.5) is 0 Å². The molecule has 1 amide bonds. The number of amides is 1. The van der Waals surface area contributed by atoms with Gasteiger partial charge in [0.05, 0.1) is 21.8 Å². The third-order valence-electron chi connectivity index (χ3n) is 4.59. The van der Waals surface area contributed by atoms with Gasteiger partial charge in [0.1, 0.15) is 11.5 Å². The fourth-order valence-electron chi connectivity index (χ4n) is 3.12. The molecular formula is C24H21ClN2O3S. The number of halogens is 1. The van der Waals surface area contributed by atoms with Crippen molar-refractivity contribution in [2.75, 3.05) is 13.2 Å². The summed E-state index contributed by atoms with van der Waals surface area (Å²) in [5.41, 5.74) is 1.35. The Labute approximate surface area is 189 Å². The molecule has 0 spiro atoms. The Balaban J connectivity index is 1.62. The molecule has 4 rings (SSSR count). The minimum Gasteiger partial charge on any atom is -0.457 e. The molecule has 0 saturated carbocycles. The lowest BCUT2D eigenvalue weighted by Crippen LogP contribution is -2.20. The molecule has 0 atom stereocenters. The van der Waals surface area contributed by atoms with E-state index in [-0.39, 0.29) is 5.91 Å². The molecule has 0 saturated heterocycles. The summed E-state index contributed by atoms with van der Waals surface area (Å²) in [6.45, 7) is 3.65. The smallest absolute Gasteiger partial charge is 0.279 e. The third kappa shape index (κ3) is 5.05. The molecule has 3 aromatic carbocycles. The molecule has 31 heavy (non-hydrogen) atoms. The quantitative estimate of drug-likeness (QED) is 0.327. The van der Waals surface area contributed by atoms with Gasteiger partial charge in [-0.2, -0.15) is 4.99 Å². The minimum atomic E-state index is -0.320. The van der Waals surface area contributed by atoms with E-state index in [2.05, 4.69) is 4.99 Å². The van der Waals surface area contributed by atoms with E-state index in [0.29, 0.717) is 40.9 Å². The predicted octanol–water partition coefficient (Wildman–Crippen LogP) is 5.93. The number of rotatable bonds is 7. The van der Waals surface area contributed by atoms with Gasteiger partial charge in [-0.15, -0.1) is 0 Å². The van der Waals surface area contributed by atoms with Gasteiger partial charge in [-0.05, 0) is 55.5 Å². The number of fused-ring (bicyclic) bond motifs is 1. The number of hydrogen-bond acceptors (Lipinski definition) is 4. The Morgan fingerprint density at radius 3 is 2.48 bits per heavy atom. The first kappa shape index (κ1) is 21.3. The summed E-state index contributed by atoms with van der Waals surface area (Å²) in [4.78, 5) is 17.8. The highest BCUT2D eigenvalue weighted by Gasteiger charge is 2.12. The molecule has 158 valence electrons. The van der Waals surface area contributed by atoms with Crippen LogP contribution in [0.1, 0.15) is 17.3 Å². The van der Waals surface area contributed by atoms with Crippen molar-refractivity contribution >= 4 is 39.1 Å². The molecular weight excluding hydrogens is 432 g/mol. The number of para-hydroxylation sites is 2. The van der Waals surface area contributed by atoms with Crippen molar-refractivity contribution in [1.82, 2.24) is 4.57 Å². The SMILES string of the molecule is CCOCCn1c(=NC(=O)c2ccc(Oc3ccccc3)cc2)sc2cccc(Cl)c21. The zero-order valence-electron chi connectivity index (χ0n) is 17.0. The highest BCUT2D eigenvalue weighted by Crippen LogP contribution is 2.25. The molecule has 0 aliphatic carbocycles. The van der Waals surface area contributed by atoms with Gasteiger partial charge in [-0.1, -0.05) is 47.2 Å². The Morgan fingerprint density at radius 2 is 1.74 bits per heavy atom. The van der Waals surface area contributed by atoms with E-state index in [1.54, 1.807) is 24.3 Å². The van der Waals surface area contributed by atoms with Gasteiger partial charge < -0.3 is 14.0 Å². The van der Waals surface area contributed by atoms with E-state index in [0.717, 1.165) is 16.0 Å². The van der Waals surface area contributed by atoms with Crippen molar-refractivity contribution in [3.8, 4) is 11.5 Å². The van der Waals surface area contributed by atoms with Crippen molar-refractivity contribution in [2.24, 2.45) is 4.99 Å². The number of aromatic nitrogens is 1. The van der Waals surface area contributed by atoms with Crippen molar-refractivity contribution in [1.29, 1.82) is 0 Å². The molecule has 0 unspecified atom stereocenters. The van der Waals surface area contributed by atoms with Gasteiger partial charge in [-0.3, -0.25) is 4.79 Å². The Bertz CT molecular complexity index is 1250. The normalized spacial score (nSPS) is 11.7. The number of hydrogen-bond donors (Lipinski definition) is 0. The molecule has 0 fully saturated rings. The van der Waals surface area contributed by atoms with E-state index >= 15 is 0 Å². The number of carbonyl (C=O) groups excluding carboxylic acids is 1. The molecule has 1 aromatic heterocycles. The van der Waals surface area contributed by atoms with Gasteiger partial charge in [0, 0.05) is 18.7 Å². The lowest BCUT2D eigenvalue weighted by Gasteiger charge is -2.07. The monoisotopic (exact) mass is 452 g/mol. The average molecular weight is 453 g/mol. The largest absolute Gasteiger partial charge is 0.457 e. The molecule has 0 aliphatic heterocycles. The van der Waals surface area contributed by atoms with E-state index in [1.807, 2.05) is 60.0 Å². The maximum absolute atomic E-state index is 12.8. The Morgan fingerprint density at radius 1 is 1.00 bits per heavy atom. The second-order valence-corrected chi connectivity index (χ2v) is 8.09. The van der Waals surface area contributed by atoms with Crippen LogP contribution in [0.5, 0.6) is 11.5 Å². The molecule has 5 nitrogen and oxygen atoms in total. The maximum atomic E-state index is 12.8. The van der Waals surface area contributed by atoms with E-state index < -0.39 is 0 Å². The van der Waals surface area contributed by atoms with Crippen molar-refractivity contribution in [3.05, 3.63) is 88.2 Å². The molecule has 0 radical (unpaired) electrons. The van der Waals surface area contributed by atoms with Crippen molar-refractivity contribution in [3.63, 3.8) is 0 Å². The van der Waals surface area contributed by atoms with Crippen LogP contribution in [0.2, 0.25) is 5.02 Å². The maximum Gasteiger partial charge on any atom is 0.279 e. The summed E-state index contributed by atoms with van der Waals surface area (Å²) in [5.74, 6) is 1.08. The van der Waals surface area contributed by atoms with Crippen LogP contribution in [0, 0.1) is 0 Å². The lowest BCUT2D eigenvalue weighted by molar-refractivity contribution is 0.0996. The average Bonchev–Trinajstić information content (AvgIpc) is 3.13. The van der Waals surface area contributed by atoms with Crippen molar-refractivity contribution in [2.45, 2.75) is 13.5 Å². The molecule has 7 heteroatoms. The Kier molecular flexibility index (Phi) is 6.82. The first-order valence-electron chi connectivity index (χ1n) is 9.93. The summed E-state index contributed by atoms with van der Waals surface area (Å²) in [6, 6.07) is 22.2. The van der Waals surface area contributed by atoms with Crippen LogP contribution in [0.15, 0.2) is 77.8 Å². The third-order valence-corrected chi connectivity index (χ3v) is 5.94. The highest BCUT2D eigenvalue weighted by molar-refractivity contribution is 7.16. The van der Waals surface area contributed by atoms with Crippen LogP contribution in [-0.2, 0) is 11.3 Å². The second kappa shape index (κ2) is 9.92. The summed E-state index contributed by atoms with van der Waals surface area (Å²) < 4.78 is 14.2. The number of nitrogens with zero attached hydrogens (tertiary/aromatic N) is 2. The molecule has 1 heterocycles. The van der Waals surface area contributed by atoms with Crippen LogP contribution in [0.3, 0.4) is 0 Å². The summed E-state index contributed by atoms with van der Waals surface area (Å²) in [6.07, 6.45) is 0. The van der Waals surface area contributed by atoms with Gasteiger partial charge in [0.2, 0.25) is 0 Å². The van der Waals surface area contributed by atoms with Crippen LogP contribution < -0.4 is 9.54 Å². The number of benzene rings is 3. The zero-order chi connectivity index (χ0) is 21.6. The molecule has 0 bridgehead atoms. The fourth-order valence-corrected chi connectivity index (χ4v) is 4.54. The van der Waals surface area contributed by atoms with E-state index in [9.17, 15) is 4.79 Å². The number of thiazole rings is 1. The topological polar surface area (TPSA) is 52.8 Å². The highest BCUT2D eigenvalue weighted by atomic mass is 35.5. The zero-order valence-corrected chi connectivity index (χ0v) is 18.5. The van der Waals surface area contributed by atoms with Crippen LogP contribution in [0.25, 0.3) is 10.2 Å². The first-order chi connectivity index (χ1) is 15.2. The number of carbonyl (C=O) groups is 1. The van der Waals surface area contributed by atoms with E-state index in [1.165, 1.54) is 11.3 Å². The first-order valence-corrected chi connectivity index (χ1v) is 11.1. The van der Waals surface area contributed by atoms with Gasteiger partial charge in [0.15, 0.2) is 4.80 Å². The van der Waals surface area contributed by atoms with Crippen LogP contribution in [-0.4, -0.2) is 23.7 Å². The summed E-state index contributed by atoms with van der Waals surface area (Å²) in [5, 5.41) is 0.626. The number of ether oxygens (including phenoxy) is 2. The van der Waals surface area contributed by atoms with Crippen LogP contribution >= 0.6 is 22.9 Å². The standard InChI is InChI=1S/C24H21ClN2O3S/c1-2-29-16-15-27-22-20(25)9-6-10-21(22)31-24(27)26-23(28)17-11-13-19(14-12-17)30-18-7-4-3-5-8-18/h3-14H,2,15-16H2,1H3. The molecule has 0 N–H and O–H groups in total. The Hall–Kier alpha value is -2.93. The summed E-state index contributed by atoms with van der Waals surface area (Å²) in [7, 11) is 0. The lowest BCUT2D eigenvalue weighted by atomic mass is 10.2. The van der Waals surface area contributed by atoms with E-state index in [4.69, 9.17) is 21.1 Å². The van der Waals surface area contributed by atoms with Gasteiger partial charge >= 0.3 is 0 Å². The van der Waals surface area contributed by atoms with Crippen molar-refractivity contribution < 1.29 is 14.3 Å². The van der Waals surface area contributed by atoms with Gasteiger partial charge in [-0.25, -0.2) is 0 Å². The van der Waals surface area contributed by atoms with Gasteiger partial charge in [0.25, 0.3) is 5.91 Å². The second-order valence-electron chi connectivity index (χ2n) is 6.68. The molecule has 4 aromatic rings. The molecule has 0 aliphatic rings.